The summed E-state index contributed by atoms with van der Waals surface area (Å²) in [6, 6.07) is 3.34. The number of nitrogens with zero attached hydrogens (tertiary/aromatic N) is 1. The highest BCUT2D eigenvalue weighted by Gasteiger charge is 2.30. The normalized spacial score (nSPS) is 25.5. The van der Waals surface area contributed by atoms with Crippen LogP contribution in [0.3, 0.4) is 0 Å². The zero-order valence-corrected chi connectivity index (χ0v) is 17.7. The van der Waals surface area contributed by atoms with Gasteiger partial charge in [0.2, 0.25) is 0 Å². The van der Waals surface area contributed by atoms with Gasteiger partial charge in [0.1, 0.15) is 4.21 Å². The summed E-state index contributed by atoms with van der Waals surface area (Å²) in [6.07, 6.45) is 2.69. The van der Waals surface area contributed by atoms with E-state index >= 15 is 0 Å². The molecule has 6 nitrogen and oxygen atoms in total. The summed E-state index contributed by atoms with van der Waals surface area (Å²) in [6.45, 7) is 7.18. The molecular formula is C17H28ClN3O3S2. The Morgan fingerprint density at radius 1 is 1.23 bits per heavy atom. The zero-order chi connectivity index (χ0) is 18.0. The van der Waals surface area contributed by atoms with Crippen LogP contribution in [-0.4, -0.2) is 50.9 Å². The third-order valence-corrected chi connectivity index (χ3v) is 8.69. The van der Waals surface area contributed by atoms with Crippen molar-refractivity contribution in [2.45, 2.75) is 43.4 Å². The molecule has 148 valence electrons. The molecule has 2 atom stereocenters. The molecule has 2 aliphatic rings. The lowest BCUT2D eigenvalue weighted by Gasteiger charge is -2.30. The molecule has 1 amide bonds. The van der Waals surface area contributed by atoms with Gasteiger partial charge < -0.3 is 10.6 Å². The highest BCUT2D eigenvalue weighted by Crippen LogP contribution is 2.28. The predicted molar refractivity (Wildman–Crippen MR) is 107 cm³/mol. The van der Waals surface area contributed by atoms with Gasteiger partial charge in [0.05, 0.1) is 4.88 Å². The molecule has 0 spiro atoms. The number of hydrogen-bond donors (Lipinski definition) is 2. The average Bonchev–Trinajstić information content (AvgIpc) is 3.08. The van der Waals surface area contributed by atoms with Crippen molar-refractivity contribution < 1.29 is 13.2 Å². The molecule has 2 saturated heterocycles. The summed E-state index contributed by atoms with van der Waals surface area (Å²) in [4.78, 5) is 13.0. The van der Waals surface area contributed by atoms with E-state index in [1.54, 1.807) is 16.4 Å². The van der Waals surface area contributed by atoms with E-state index in [2.05, 4.69) is 24.5 Å². The van der Waals surface area contributed by atoms with Gasteiger partial charge in [-0.15, -0.1) is 23.7 Å². The largest absolute Gasteiger partial charge is 0.348 e. The first kappa shape index (κ1) is 21.6. The van der Waals surface area contributed by atoms with Crippen LogP contribution in [0.15, 0.2) is 16.3 Å². The Morgan fingerprint density at radius 3 is 2.58 bits per heavy atom. The number of nitrogens with one attached hydrogen (secondary N) is 2. The van der Waals surface area contributed by atoms with E-state index < -0.39 is 10.0 Å². The Bertz CT molecular complexity index is 715. The van der Waals surface area contributed by atoms with Crippen LogP contribution in [0.1, 0.15) is 42.8 Å². The topological polar surface area (TPSA) is 78.5 Å². The van der Waals surface area contributed by atoms with Gasteiger partial charge in [-0.2, -0.15) is 4.31 Å². The highest BCUT2D eigenvalue weighted by molar-refractivity contribution is 7.91. The number of hydrogen-bond acceptors (Lipinski definition) is 5. The molecule has 3 rings (SSSR count). The molecule has 0 aliphatic carbocycles. The van der Waals surface area contributed by atoms with Crippen molar-refractivity contribution in [1.82, 2.24) is 14.9 Å². The summed E-state index contributed by atoms with van der Waals surface area (Å²) in [5.74, 6) is 0.775. The molecule has 26 heavy (non-hydrogen) atoms. The molecule has 2 fully saturated rings. The number of piperidine rings is 2. The lowest BCUT2D eigenvalue weighted by atomic mass is 9.95. The Morgan fingerprint density at radius 2 is 1.92 bits per heavy atom. The molecule has 3 heterocycles. The smallest absolute Gasteiger partial charge is 0.261 e. The van der Waals surface area contributed by atoms with Gasteiger partial charge >= 0.3 is 0 Å². The minimum absolute atomic E-state index is 0. The second-order valence-electron chi connectivity index (χ2n) is 7.26. The second kappa shape index (κ2) is 9.01. The first-order valence-corrected chi connectivity index (χ1v) is 11.2. The fraction of sp³-hybridized carbons (Fsp3) is 0.706. The van der Waals surface area contributed by atoms with E-state index in [0.29, 0.717) is 29.8 Å². The van der Waals surface area contributed by atoms with Crippen LogP contribution in [0.25, 0.3) is 0 Å². The average molecular weight is 422 g/mol. The fourth-order valence-electron chi connectivity index (χ4n) is 3.40. The number of carbonyl (C=O) groups is 1. The van der Waals surface area contributed by atoms with Gasteiger partial charge in [-0.1, -0.05) is 13.8 Å². The summed E-state index contributed by atoms with van der Waals surface area (Å²) in [7, 11) is -3.48. The summed E-state index contributed by atoms with van der Waals surface area (Å²) in [5.41, 5.74) is 0. The molecule has 2 N–H and O–H groups in total. The maximum absolute atomic E-state index is 12.8. The van der Waals surface area contributed by atoms with Crippen LogP contribution in [0, 0.1) is 11.8 Å². The van der Waals surface area contributed by atoms with Crippen LogP contribution in [-0.2, 0) is 10.0 Å². The zero-order valence-electron chi connectivity index (χ0n) is 15.2. The van der Waals surface area contributed by atoms with Crippen molar-refractivity contribution >= 4 is 39.7 Å². The van der Waals surface area contributed by atoms with Crippen LogP contribution in [0.4, 0.5) is 0 Å². The number of sulfonamides is 1. The first-order chi connectivity index (χ1) is 11.9. The molecule has 1 aromatic heterocycles. The minimum Gasteiger partial charge on any atom is -0.348 e. The molecule has 0 bridgehead atoms. The lowest BCUT2D eigenvalue weighted by Crippen LogP contribution is -2.48. The minimum atomic E-state index is -3.48. The predicted octanol–water partition coefficient (Wildman–Crippen LogP) is 2.32. The number of amides is 1. The van der Waals surface area contributed by atoms with Crippen molar-refractivity contribution in [1.29, 1.82) is 0 Å². The summed E-state index contributed by atoms with van der Waals surface area (Å²) < 4.78 is 27.4. The SMILES string of the molecule is CC1CCN(S(=O)(=O)c2ccc(C(=O)NC3CCNCC3C)s2)CC1.Cl. The van der Waals surface area contributed by atoms with Crippen molar-refractivity contribution in [3.63, 3.8) is 0 Å². The Kier molecular flexibility index (Phi) is 7.50. The second-order valence-corrected chi connectivity index (χ2v) is 10.5. The third-order valence-electron chi connectivity index (χ3n) is 5.24. The van der Waals surface area contributed by atoms with Crippen molar-refractivity contribution in [3.8, 4) is 0 Å². The number of thiophene rings is 1. The molecule has 2 aliphatic heterocycles. The van der Waals surface area contributed by atoms with Crippen LogP contribution in [0.2, 0.25) is 0 Å². The lowest BCUT2D eigenvalue weighted by molar-refractivity contribution is 0.0918. The number of halogens is 1. The molecule has 0 radical (unpaired) electrons. The van der Waals surface area contributed by atoms with Gasteiger partial charge in [-0.05, 0) is 56.3 Å². The van der Waals surface area contributed by atoms with Gasteiger partial charge in [0, 0.05) is 19.1 Å². The molecular weight excluding hydrogens is 394 g/mol. The highest BCUT2D eigenvalue weighted by atomic mass is 35.5. The monoisotopic (exact) mass is 421 g/mol. The van der Waals surface area contributed by atoms with E-state index in [0.717, 1.165) is 43.7 Å². The molecule has 2 unspecified atom stereocenters. The maximum atomic E-state index is 12.8. The Hall–Kier alpha value is -0.670. The van der Waals surface area contributed by atoms with Gasteiger partial charge in [0.15, 0.2) is 0 Å². The molecule has 9 heteroatoms. The van der Waals surface area contributed by atoms with Crippen LogP contribution in [0.5, 0.6) is 0 Å². The van der Waals surface area contributed by atoms with Gasteiger partial charge in [-0.25, -0.2) is 8.42 Å². The number of carbonyl (C=O) groups excluding carboxylic acids is 1. The van der Waals surface area contributed by atoms with E-state index in [9.17, 15) is 13.2 Å². The van der Waals surface area contributed by atoms with Crippen molar-refractivity contribution in [2.75, 3.05) is 26.2 Å². The number of rotatable bonds is 4. The van der Waals surface area contributed by atoms with Crippen LogP contribution >= 0.6 is 23.7 Å². The third kappa shape index (κ3) is 4.78. The first-order valence-electron chi connectivity index (χ1n) is 8.99. The van der Waals surface area contributed by atoms with E-state index in [1.807, 2.05) is 0 Å². The summed E-state index contributed by atoms with van der Waals surface area (Å²) in [5, 5.41) is 6.37. The Labute approximate surface area is 166 Å². The van der Waals surface area contributed by atoms with E-state index in [4.69, 9.17) is 0 Å². The van der Waals surface area contributed by atoms with E-state index in [-0.39, 0.29) is 28.6 Å². The van der Waals surface area contributed by atoms with Crippen molar-refractivity contribution in [2.24, 2.45) is 11.8 Å². The molecule has 0 saturated carbocycles. The van der Waals surface area contributed by atoms with Gasteiger partial charge in [0.25, 0.3) is 15.9 Å². The van der Waals surface area contributed by atoms with Crippen molar-refractivity contribution in [3.05, 3.63) is 17.0 Å². The maximum Gasteiger partial charge on any atom is 0.261 e. The van der Waals surface area contributed by atoms with Gasteiger partial charge in [-0.3, -0.25) is 4.79 Å². The van der Waals surface area contributed by atoms with E-state index in [1.165, 1.54) is 0 Å². The Balaban J connectivity index is 0.00000243. The summed E-state index contributed by atoms with van der Waals surface area (Å²) >= 11 is 1.07. The quantitative estimate of drug-likeness (QED) is 0.781. The fourth-order valence-corrected chi connectivity index (χ4v) is 6.23. The standard InChI is InChI=1S/C17H27N3O3S2.ClH/c1-12-6-9-20(10-7-12)25(22,23)16-4-3-15(24-16)17(21)19-14-5-8-18-11-13(14)2;/h3-4,12-14,18H,5-11H2,1-2H3,(H,19,21);1H. The van der Waals surface area contributed by atoms with Crippen LogP contribution < -0.4 is 10.6 Å². The molecule has 1 aromatic rings. The molecule has 0 aromatic carbocycles.